The first-order valence-electron chi connectivity index (χ1n) is 6.24. The van der Waals surface area contributed by atoms with Gasteiger partial charge in [-0.05, 0) is 41.8 Å². The Kier molecular flexibility index (Phi) is 4.50. The summed E-state index contributed by atoms with van der Waals surface area (Å²) in [5.74, 6) is 0.0410. The molecule has 0 saturated heterocycles. The molecule has 19 heavy (non-hydrogen) atoms. The lowest BCUT2D eigenvalue weighted by Gasteiger charge is -2.05. The van der Waals surface area contributed by atoms with Crippen LogP contribution in [-0.4, -0.2) is 10.9 Å². The van der Waals surface area contributed by atoms with Gasteiger partial charge in [-0.15, -0.1) is 0 Å². The highest BCUT2D eigenvalue weighted by atomic mass is 16.1. The maximum Gasteiger partial charge on any atom is 0.220 e. The molecule has 0 saturated carbocycles. The Morgan fingerprint density at radius 2 is 1.95 bits per heavy atom. The predicted octanol–water partition coefficient (Wildman–Crippen LogP) is 1.91. The van der Waals surface area contributed by atoms with Crippen LogP contribution in [0.5, 0.6) is 0 Å². The lowest BCUT2D eigenvalue weighted by atomic mass is 10.1. The Balaban J connectivity index is 1.76. The van der Waals surface area contributed by atoms with E-state index in [1.54, 1.807) is 12.4 Å². The van der Waals surface area contributed by atoms with E-state index >= 15 is 0 Å². The monoisotopic (exact) mass is 255 g/mol. The minimum Gasteiger partial charge on any atom is -0.399 e. The van der Waals surface area contributed by atoms with E-state index < -0.39 is 0 Å². The fourth-order valence-corrected chi connectivity index (χ4v) is 1.80. The Labute approximate surface area is 112 Å². The number of anilines is 1. The summed E-state index contributed by atoms with van der Waals surface area (Å²) >= 11 is 0. The third kappa shape index (κ3) is 4.43. The van der Waals surface area contributed by atoms with Crippen LogP contribution in [0.2, 0.25) is 0 Å². The number of benzene rings is 1. The van der Waals surface area contributed by atoms with Gasteiger partial charge in [0, 0.05) is 31.0 Å². The third-order valence-corrected chi connectivity index (χ3v) is 2.83. The Hall–Kier alpha value is -2.36. The van der Waals surface area contributed by atoms with Crippen LogP contribution >= 0.6 is 0 Å². The highest BCUT2D eigenvalue weighted by Crippen LogP contribution is 2.08. The summed E-state index contributed by atoms with van der Waals surface area (Å²) < 4.78 is 0. The van der Waals surface area contributed by atoms with E-state index in [-0.39, 0.29) is 5.91 Å². The third-order valence-electron chi connectivity index (χ3n) is 2.83. The second kappa shape index (κ2) is 6.54. The molecular formula is C15H17N3O. The molecule has 4 nitrogen and oxygen atoms in total. The molecule has 0 unspecified atom stereocenters. The number of nitrogen functional groups attached to an aromatic ring is 1. The van der Waals surface area contributed by atoms with E-state index in [2.05, 4.69) is 10.3 Å². The van der Waals surface area contributed by atoms with Gasteiger partial charge in [0.2, 0.25) is 5.91 Å². The zero-order valence-electron chi connectivity index (χ0n) is 10.7. The molecule has 2 aromatic rings. The van der Waals surface area contributed by atoms with Gasteiger partial charge in [-0.3, -0.25) is 9.78 Å². The summed E-state index contributed by atoms with van der Waals surface area (Å²) in [6.45, 7) is 0.540. The van der Waals surface area contributed by atoms with Gasteiger partial charge in [-0.2, -0.15) is 0 Å². The number of carbonyl (C=O) groups excluding carboxylic acids is 1. The number of nitrogens with one attached hydrogen (secondary N) is 1. The minimum atomic E-state index is 0.0410. The van der Waals surface area contributed by atoms with Crippen molar-refractivity contribution in [3.05, 3.63) is 59.9 Å². The first-order valence-corrected chi connectivity index (χ1v) is 6.24. The second-order valence-electron chi connectivity index (χ2n) is 4.38. The number of aromatic nitrogens is 1. The van der Waals surface area contributed by atoms with Crippen LogP contribution in [0.25, 0.3) is 0 Å². The lowest BCUT2D eigenvalue weighted by Crippen LogP contribution is -2.22. The maximum absolute atomic E-state index is 11.7. The van der Waals surface area contributed by atoms with E-state index in [1.807, 2.05) is 36.4 Å². The first kappa shape index (κ1) is 13.1. The topological polar surface area (TPSA) is 68.0 Å². The van der Waals surface area contributed by atoms with Gasteiger partial charge in [0.1, 0.15) is 0 Å². The number of nitrogens with two attached hydrogens (primary N) is 1. The van der Waals surface area contributed by atoms with Crippen molar-refractivity contribution in [1.82, 2.24) is 10.3 Å². The van der Waals surface area contributed by atoms with Gasteiger partial charge < -0.3 is 11.1 Å². The number of hydrogen-bond acceptors (Lipinski definition) is 3. The predicted molar refractivity (Wildman–Crippen MR) is 75.3 cm³/mol. The van der Waals surface area contributed by atoms with Gasteiger partial charge in [0.15, 0.2) is 0 Å². The molecule has 0 fully saturated rings. The zero-order valence-corrected chi connectivity index (χ0v) is 10.7. The summed E-state index contributed by atoms with van der Waals surface area (Å²) in [4.78, 5) is 15.6. The maximum atomic E-state index is 11.7. The number of amides is 1. The van der Waals surface area contributed by atoms with Crippen molar-refractivity contribution < 1.29 is 4.79 Å². The fourth-order valence-electron chi connectivity index (χ4n) is 1.80. The van der Waals surface area contributed by atoms with Crippen LogP contribution in [0, 0.1) is 0 Å². The minimum absolute atomic E-state index is 0.0410. The van der Waals surface area contributed by atoms with Crippen LogP contribution in [0.1, 0.15) is 17.5 Å². The van der Waals surface area contributed by atoms with Gasteiger partial charge in [-0.25, -0.2) is 0 Å². The molecule has 0 aliphatic heterocycles. The van der Waals surface area contributed by atoms with Gasteiger partial charge >= 0.3 is 0 Å². The largest absolute Gasteiger partial charge is 0.399 e. The van der Waals surface area contributed by atoms with E-state index in [9.17, 15) is 4.79 Å². The molecule has 0 aliphatic rings. The summed E-state index contributed by atoms with van der Waals surface area (Å²) in [6.07, 6.45) is 4.60. The highest BCUT2D eigenvalue weighted by molar-refractivity contribution is 5.76. The highest BCUT2D eigenvalue weighted by Gasteiger charge is 2.02. The summed E-state index contributed by atoms with van der Waals surface area (Å²) in [5.41, 5.74) is 8.56. The van der Waals surface area contributed by atoms with E-state index in [1.165, 1.54) is 0 Å². The summed E-state index contributed by atoms with van der Waals surface area (Å²) in [6, 6.07) is 11.4. The van der Waals surface area contributed by atoms with E-state index in [4.69, 9.17) is 5.73 Å². The molecular weight excluding hydrogens is 238 g/mol. The number of rotatable bonds is 5. The molecule has 3 N–H and O–H groups in total. The molecule has 1 heterocycles. The average Bonchev–Trinajstić information content (AvgIpc) is 2.44. The van der Waals surface area contributed by atoms with E-state index in [0.29, 0.717) is 19.4 Å². The van der Waals surface area contributed by atoms with Gasteiger partial charge in [-0.1, -0.05) is 12.1 Å². The van der Waals surface area contributed by atoms with Crippen LogP contribution in [0.3, 0.4) is 0 Å². The molecule has 98 valence electrons. The van der Waals surface area contributed by atoms with Crippen LogP contribution in [0.4, 0.5) is 5.69 Å². The number of pyridine rings is 1. The smallest absolute Gasteiger partial charge is 0.220 e. The van der Waals surface area contributed by atoms with Crippen LogP contribution in [-0.2, 0) is 17.8 Å². The lowest BCUT2D eigenvalue weighted by molar-refractivity contribution is -0.121. The molecule has 0 bridgehead atoms. The number of aryl methyl sites for hydroxylation is 1. The summed E-state index contributed by atoms with van der Waals surface area (Å²) in [5, 5.41) is 2.89. The summed E-state index contributed by atoms with van der Waals surface area (Å²) in [7, 11) is 0. The average molecular weight is 255 g/mol. The number of carbonyl (C=O) groups is 1. The van der Waals surface area contributed by atoms with Crippen molar-refractivity contribution in [2.75, 3.05) is 5.73 Å². The zero-order chi connectivity index (χ0) is 13.5. The van der Waals surface area contributed by atoms with Crippen LogP contribution in [0.15, 0.2) is 48.8 Å². The molecule has 1 aromatic heterocycles. The normalized spacial score (nSPS) is 10.1. The fraction of sp³-hybridized carbons (Fsp3) is 0.200. The van der Waals surface area contributed by atoms with Gasteiger partial charge in [0.25, 0.3) is 0 Å². The van der Waals surface area contributed by atoms with Crippen molar-refractivity contribution in [1.29, 1.82) is 0 Å². The van der Waals surface area contributed by atoms with Crippen molar-refractivity contribution in [2.24, 2.45) is 0 Å². The number of hydrogen-bond donors (Lipinski definition) is 2. The molecule has 1 aromatic carbocycles. The van der Waals surface area contributed by atoms with Crippen molar-refractivity contribution in [3.8, 4) is 0 Å². The molecule has 0 atom stereocenters. The first-order chi connectivity index (χ1) is 9.24. The standard InChI is InChI=1S/C15H17N3O/c16-14-3-1-2-12(10-14)4-5-15(19)18-11-13-6-8-17-9-7-13/h1-3,6-10H,4-5,11,16H2,(H,18,19). The molecule has 0 radical (unpaired) electrons. The quantitative estimate of drug-likeness (QED) is 0.802. The molecule has 0 aliphatic carbocycles. The van der Waals surface area contributed by atoms with E-state index in [0.717, 1.165) is 16.8 Å². The second-order valence-corrected chi connectivity index (χ2v) is 4.38. The van der Waals surface area contributed by atoms with Crippen LogP contribution < -0.4 is 11.1 Å². The molecule has 0 spiro atoms. The molecule has 4 heteroatoms. The molecule has 2 rings (SSSR count). The molecule has 1 amide bonds. The van der Waals surface area contributed by atoms with Gasteiger partial charge in [0.05, 0.1) is 0 Å². The Bertz CT molecular complexity index is 540. The Morgan fingerprint density at radius 3 is 2.68 bits per heavy atom. The van der Waals surface area contributed by atoms with Crippen molar-refractivity contribution in [2.45, 2.75) is 19.4 Å². The Morgan fingerprint density at radius 1 is 1.16 bits per heavy atom. The van der Waals surface area contributed by atoms with Crippen molar-refractivity contribution >= 4 is 11.6 Å². The number of nitrogens with zero attached hydrogens (tertiary/aromatic N) is 1. The SMILES string of the molecule is Nc1cccc(CCC(=O)NCc2ccncc2)c1. The van der Waals surface area contributed by atoms with Crippen molar-refractivity contribution in [3.63, 3.8) is 0 Å².